The molecule has 2 aromatic heterocycles. The second-order valence-electron chi connectivity index (χ2n) is 5.47. The quantitative estimate of drug-likeness (QED) is 0.542. The largest absolute Gasteiger partial charge is 0.505 e. The third-order valence-electron chi connectivity index (χ3n) is 3.96. The summed E-state index contributed by atoms with van der Waals surface area (Å²) in [6.07, 6.45) is 5.81. The van der Waals surface area contributed by atoms with E-state index in [1.54, 1.807) is 24.3 Å². The van der Waals surface area contributed by atoms with E-state index in [4.69, 9.17) is 23.2 Å². The van der Waals surface area contributed by atoms with Crippen molar-refractivity contribution in [3.05, 3.63) is 94.1 Å². The molecule has 0 spiro atoms. The summed E-state index contributed by atoms with van der Waals surface area (Å²) in [7, 11) is 0. The fourth-order valence-corrected chi connectivity index (χ4v) is 3.04. The van der Waals surface area contributed by atoms with Crippen molar-refractivity contribution in [1.29, 1.82) is 0 Å². The lowest BCUT2D eigenvalue weighted by atomic mass is 10.1. The smallest absolute Gasteiger partial charge is 0.210 e. The fraction of sp³-hybridized carbons (Fsp3) is 0. The highest BCUT2D eigenvalue weighted by Crippen LogP contribution is 2.20. The topological polar surface area (TPSA) is 28.7 Å². The summed E-state index contributed by atoms with van der Waals surface area (Å²) >= 11 is 11.9. The Hall–Kier alpha value is -2.49. The minimum atomic E-state index is 0.190. The minimum Gasteiger partial charge on any atom is -0.505 e. The first kappa shape index (κ1) is 15.1. The molecule has 0 saturated heterocycles. The second kappa shape index (κ2) is 5.86. The van der Waals surface area contributed by atoms with Crippen molar-refractivity contribution in [3.63, 3.8) is 0 Å². The van der Waals surface area contributed by atoms with Gasteiger partial charge in [-0.05, 0) is 42.0 Å². The van der Waals surface area contributed by atoms with E-state index in [2.05, 4.69) is 0 Å². The van der Waals surface area contributed by atoms with Gasteiger partial charge in [-0.2, -0.15) is 0 Å². The summed E-state index contributed by atoms with van der Waals surface area (Å²) < 4.78 is 3.82. The number of hydrogen-bond donors (Lipinski definition) is 1. The molecule has 0 bridgehead atoms. The van der Waals surface area contributed by atoms with Gasteiger partial charge >= 0.3 is 0 Å². The van der Waals surface area contributed by atoms with Crippen LogP contribution in [0.3, 0.4) is 0 Å². The first-order chi connectivity index (χ1) is 11.6. The van der Waals surface area contributed by atoms with Crippen LogP contribution >= 0.6 is 23.2 Å². The maximum absolute atomic E-state index is 10.9. The van der Waals surface area contributed by atoms with Crippen LogP contribution in [0, 0.1) is 0 Å². The molecular formula is C19H13Cl2N2O+. The molecule has 2 heterocycles. The van der Waals surface area contributed by atoms with Gasteiger partial charge in [0.05, 0.1) is 11.8 Å². The lowest BCUT2D eigenvalue weighted by Crippen LogP contribution is -2.29. The van der Waals surface area contributed by atoms with Gasteiger partial charge in [-0.3, -0.25) is 0 Å². The van der Waals surface area contributed by atoms with Crippen molar-refractivity contribution in [3.8, 4) is 11.1 Å². The van der Waals surface area contributed by atoms with Crippen LogP contribution in [0.2, 0.25) is 10.0 Å². The third-order valence-corrected chi connectivity index (χ3v) is 4.46. The van der Waals surface area contributed by atoms with Crippen LogP contribution in [-0.4, -0.2) is 9.62 Å². The monoisotopic (exact) mass is 355 g/mol. The molecule has 0 amide bonds. The van der Waals surface area contributed by atoms with Crippen molar-refractivity contribution >= 4 is 29.0 Å². The molecule has 0 fully saturated rings. The van der Waals surface area contributed by atoms with Crippen LogP contribution in [0.25, 0.3) is 16.9 Å². The Morgan fingerprint density at radius 3 is 2.21 bits per heavy atom. The van der Waals surface area contributed by atoms with E-state index in [-0.39, 0.29) is 5.76 Å². The van der Waals surface area contributed by atoms with Gasteiger partial charge < -0.3 is 5.11 Å². The van der Waals surface area contributed by atoms with E-state index in [0.717, 1.165) is 11.1 Å². The molecule has 4 rings (SSSR count). The SMILES string of the molecule is O/C(c1ccc(Cl)cc1)=c1\c(-c2ccc(Cl)cc2)c[n+]2cccn12. The summed E-state index contributed by atoms with van der Waals surface area (Å²) in [6.45, 7) is 0. The van der Waals surface area contributed by atoms with Crippen LogP contribution < -0.4 is 9.86 Å². The predicted molar refractivity (Wildman–Crippen MR) is 95.3 cm³/mol. The molecule has 118 valence electrons. The Morgan fingerprint density at radius 2 is 1.54 bits per heavy atom. The van der Waals surface area contributed by atoms with Gasteiger partial charge in [-0.1, -0.05) is 39.9 Å². The number of fused-ring (bicyclic) bond motifs is 1. The van der Waals surface area contributed by atoms with Gasteiger partial charge in [0, 0.05) is 21.7 Å². The number of benzene rings is 2. The summed E-state index contributed by atoms with van der Waals surface area (Å²) in [5, 5.41) is 12.9. The maximum Gasteiger partial charge on any atom is 0.210 e. The summed E-state index contributed by atoms with van der Waals surface area (Å²) in [4.78, 5) is 0. The summed E-state index contributed by atoms with van der Waals surface area (Å²) in [5.74, 6) is 0.190. The van der Waals surface area contributed by atoms with Gasteiger partial charge in [0.25, 0.3) is 0 Å². The van der Waals surface area contributed by atoms with E-state index < -0.39 is 0 Å². The van der Waals surface area contributed by atoms with Crippen molar-refractivity contribution in [1.82, 2.24) is 4.52 Å². The van der Waals surface area contributed by atoms with Crippen molar-refractivity contribution < 1.29 is 9.62 Å². The highest BCUT2D eigenvalue weighted by atomic mass is 35.5. The van der Waals surface area contributed by atoms with Crippen molar-refractivity contribution in [2.75, 3.05) is 0 Å². The first-order valence-electron chi connectivity index (χ1n) is 7.40. The van der Waals surface area contributed by atoms with Crippen LogP contribution in [-0.2, 0) is 0 Å². The number of rotatable bonds is 2. The first-order valence-corrected chi connectivity index (χ1v) is 8.15. The molecule has 4 aromatic rings. The van der Waals surface area contributed by atoms with Crippen molar-refractivity contribution in [2.45, 2.75) is 0 Å². The zero-order valence-electron chi connectivity index (χ0n) is 12.5. The average Bonchev–Trinajstić information content (AvgIpc) is 3.16. The van der Waals surface area contributed by atoms with Crippen LogP contribution in [0.15, 0.2) is 73.2 Å². The number of aliphatic hydroxyl groups excluding tert-OH is 1. The number of nitrogens with zero attached hydrogens (tertiary/aromatic N) is 2. The lowest BCUT2D eigenvalue weighted by Gasteiger charge is -2.01. The van der Waals surface area contributed by atoms with Gasteiger partial charge in [0.15, 0.2) is 11.1 Å². The molecule has 0 aliphatic heterocycles. The number of hydrogen-bond acceptors (Lipinski definition) is 1. The van der Waals surface area contributed by atoms with Crippen LogP contribution in [0.1, 0.15) is 5.56 Å². The second-order valence-corrected chi connectivity index (χ2v) is 6.34. The van der Waals surface area contributed by atoms with Gasteiger partial charge in [0.2, 0.25) is 12.4 Å². The highest BCUT2D eigenvalue weighted by molar-refractivity contribution is 6.30. The fourth-order valence-electron chi connectivity index (χ4n) is 2.79. The van der Waals surface area contributed by atoms with E-state index in [9.17, 15) is 5.11 Å². The molecule has 2 aromatic carbocycles. The minimum absolute atomic E-state index is 0.190. The molecule has 0 aliphatic rings. The molecule has 0 unspecified atom stereocenters. The predicted octanol–water partition coefficient (Wildman–Crippen LogP) is 3.93. The molecule has 24 heavy (non-hydrogen) atoms. The van der Waals surface area contributed by atoms with E-state index in [0.29, 0.717) is 21.0 Å². The number of aliphatic hydroxyl groups is 1. The Bertz CT molecular complexity index is 1070. The zero-order valence-corrected chi connectivity index (χ0v) is 14.0. The molecule has 5 heteroatoms. The lowest BCUT2D eigenvalue weighted by molar-refractivity contribution is -0.613. The molecule has 0 radical (unpaired) electrons. The van der Waals surface area contributed by atoms with Gasteiger partial charge in [-0.25, -0.2) is 0 Å². The standard InChI is InChI=1S/C19H12Cl2N2O/c20-15-6-2-13(3-7-15)17-12-22-10-1-11-23(22)18(17)19(24)14-4-8-16(21)9-5-14/h1-12H/p+1/b19-18+. The Morgan fingerprint density at radius 1 is 0.917 bits per heavy atom. The summed E-state index contributed by atoms with van der Waals surface area (Å²) in [6, 6.07) is 16.6. The Balaban J connectivity index is 2.04. The zero-order chi connectivity index (χ0) is 16.7. The molecule has 3 nitrogen and oxygen atoms in total. The maximum atomic E-state index is 10.9. The van der Waals surface area contributed by atoms with Gasteiger partial charge in [-0.15, -0.1) is 4.52 Å². The Kier molecular flexibility index (Phi) is 3.68. The van der Waals surface area contributed by atoms with E-state index in [1.165, 1.54) is 0 Å². The summed E-state index contributed by atoms with van der Waals surface area (Å²) in [5.41, 5.74) is 2.60. The van der Waals surface area contributed by atoms with Crippen molar-refractivity contribution in [2.24, 2.45) is 0 Å². The average molecular weight is 356 g/mol. The highest BCUT2D eigenvalue weighted by Gasteiger charge is 2.18. The van der Waals surface area contributed by atoms with Crippen LogP contribution in [0.5, 0.6) is 0 Å². The molecule has 0 aliphatic carbocycles. The molecule has 0 atom stereocenters. The molecule has 0 saturated carbocycles. The third kappa shape index (κ3) is 2.52. The number of halogens is 2. The number of aromatic nitrogens is 2. The normalized spacial score (nSPS) is 12.6. The molecule has 1 N–H and O–H groups in total. The van der Waals surface area contributed by atoms with Gasteiger partial charge in [0.1, 0.15) is 0 Å². The Labute approximate surface area is 148 Å². The molecular weight excluding hydrogens is 343 g/mol. The van der Waals surface area contributed by atoms with E-state index in [1.807, 2.05) is 58.0 Å². The van der Waals surface area contributed by atoms with E-state index >= 15 is 0 Å². The van der Waals surface area contributed by atoms with Crippen LogP contribution in [0.4, 0.5) is 0 Å².